The van der Waals surface area contributed by atoms with Crippen LogP contribution in [-0.2, 0) is 17.3 Å². The second kappa shape index (κ2) is 8.56. The molecular formula is C23H35F3N2O. The van der Waals surface area contributed by atoms with Crippen LogP contribution >= 0.6 is 0 Å². The summed E-state index contributed by atoms with van der Waals surface area (Å²) in [7, 11) is 2.19. The zero-order valence-corrected chi connectivity index (χ0v) is 18.2. The molecule has 0 saturated carbocycles. The van der Waals surface area contributed by atoms with E-state index < -0.39 is 11.7 Å². The maximum Gasteiger partial charge on any atom is 0.416 e. The molecule has 6 heteroatoms. The Labute approximate surface area is 173 Å². The Balaban J connectivity index is 1.82. The van der Waals surface area contributed by atoms with Crippen molar-refractivity contribution in [1.82, 2.24) is 9.80 Å². The van der Waals surface area contributed by atoms with Crippen molar-refractivity contribution < 1.29 is 17.9 Å². The molecule has 2 atom stereocenters. The lowest BCUT2D eigenvalue weighted by Crippen LogP contribution is -2.63. The summed E-state index contributed by atoms with van der Waals surface area (Å²) in [5.41, 5.74) is 0.247. The van der Waals surface area contributed by atoms with Gasteiger partial charge in [-0.1, -0.05) is 18.2 Å². The van der Waals surface area contributed by atoms with Crippen molar-refractivity contribution in [2.45, 2.75) is 76.2 Å². The number of likely N-dealkylation sites (tertiary alicyclic amines) is 1. The predicted molar refractivity (Wildman–Crippen MR) is 110 cm³/mol. The van der Waals surface area contributed by atoms with Crippen LogP contribution in [0.1, 0.15) is 57.6 Å². The first kappa shape index (κ1) is 22.6. The molecule has 2 heterocycles. The quantitative estimate of drug-likeness (QED) is 0.678. The lowest BCUT2D eigenvalue weighted by atomic mass is 9.79. The summed E-state index contributed by atoms with van der Waals surface area (Å²) in [4.78, 5) is 5.03. The number of halogens is 3. The van der Waals surface area contributed by atoms with Crippen LogP contribution in [0.4, 0.5) is 13.2 Å². The van der Waals surface area contributed by atoms with Gasteiger partial charge in [-0.15, -0.1) is 0 Å². The second-order valence-electron chi connectivity index (χ2n) is 9.75. The fourth-order valence-electron chi connectivity index (χ4n) is 4.85. The number of hydrogen-bond donors (Lipinski definition) is 0. The number of likely N-dealkylation sites (N-methyl/N-ethyl adjacent to an activating group) is 1. The van der Waals surface area contributed by atoms with Crippen LogP contribution < -0.4 is 0 Å². The van der Waals surface area contributed by atoms with E-state index in [1.54, 1.807) is 0 Å². The van der Waals surface area contributed by atoms with Gasteiger partial charge in [-0.05, 0) is 78.1 Å². The predicted octanol–water partition coefficient (Wildman–Crippen LogP) is 4.99. The van der Waals surface area contributed by atoms with E-state index in [4.69, 9.17) is 4.74 Å². The van der Waals surface area contributed by atoms with E-state index in [1.807, 2.05) is 6.07 Å². The Morgan fingerprint density at radius 2 is 2.00 bits per heavy atom. The molecule has 0 aromatic heterocycles. The van der Waals surface area contributed by atoms with Crippen LogP contribution in [0.15, 0.2) is 24.3 Å². The Hall–Kier alpha value is -1.11. The van der Waals surface area contributed by atoms with Gasteiger partial charge < -0.3 is 4.74 Å². The zero-order valence-electron chi connectivity index (χ0n) is 18.2. The molecule has 3 nitrogen and oxygen atoms in total. The molecule has 2 aliphatic heterocycles. The Bertz CT molecular complexity index is 679. The number of alkyl halides is 3. The summed E-state index contributed by atoms with van der Waals surface area (Å²) in [6, 6.07) is 6.21. The number of nitrogens with zero attached hydrogens (tertiary/aromatic N) is 2. The summed E-state index contributed by atoms with van der Waals surface area (Å²) in [6.07, 6.45) is 0.425. The summed E-state index contributed by atoms with van der Waals surface area (Å²) >= 11 is 0. The van der Waals surface area contributed by atoms with Gasteiger partial charge in [0.2, 0.25) is 0 Å². The third-order valence-electron chi connectivity index (χ3n) is 6.84. The van der Waals surface area contributed by atoms with Crippen molar-refractivity contribution in [2.24, 2.45) is 0 Å². The van der Waals surface area contributed by atoms with Crippen LogP contribution in [0.2, 0.25) is 0 Å². The highest BCUT2D eigenvalue weighted by molar-refractivity contribution is 5.26. The molecule has 0 spiro atoms. The molecule has 0 radical (unpaired) electrons. The van der Waals surface area contributed by atoms with Gasteiger partial charge in [0, 0.05) is 30.3 Å². The smallest absolute Gasteiger partial charge is 0.380 e. The highest BCUT2D eigenvalue weighted by Gasteiger charge is 2.44. The third kappa shape index (κ3) is 5.33. The van der Waals surface area contributed by atoms with E-state index in [2.05, 4.69) is 37.6 Å². The lowest BCUT2D eigenvalue weighted by Gasteiger charge is -2.53. The minimum atomic E-state index is -4.29. The van der Waals surface area contributed by atoms with Crippen LogP contribution in [0.25, 0.3) is 0 Å². The summed E-state index contributed by atoms with van der Waals surface area (Å²) in [5.74, 6) is 0. The van der Waals surface area contributed by atoms with E-state index >= 15 is 0 Å². The van der Waals surface area contributed by atoms with Gasteiger partial charge in [-0.25, -0.2) is 0 Å². The maximum atomic E-state index is 13.1. The minimum Gasteiger partial charge on any atom is -0.380 e. The largest absolute Gasteiger partial charge is 0.416 e. The average Bonchev–Trinajstić information content (AvgIpc) is 3.19. The molecule has 2 fully saturated rings. The number of ether oxygens (including phenoxy) is 1. The molecule has 3 rings (SSSR count). The fourth-order valence-corrected chi connectivity index (χ4v) is 4.85. The number of hydrogen-bond acceptors (Lipinski definition) is 3. The molecule has 0 unspecified atom stereocenters. The summed E-state index contributed by atoms with van der Waals surface area (Å²) < 4.78 is 45.0. The topological polar surface area (TPSA) is 15.7 Å². The molecule has 2 aliphatic rings. The van der Waals surface area contributed by atoms with Crippen LogP contribution in [0.5, 0.6) is 0 Å². The van der Waals surface area contributed by atoms with Gasteiger partial charge in [0.1, 0.15) is 0 Å². The van der Waals surface area contributed by atoms with Gasteiger partial charge in [-0.3, -0.25) is 9.80 Å². The standard InChI is InChI=1S/C23H35F3N2O/c1-21(2,3)28-13-6-11-22(17-28,27(4)20-10-14-29-16-20)12-9-18-7-5-8-19(15-18)23(24,25)26/h5,7-8,15,20H,6,9-14,16-17H2,1-4H3/t20-,22-/m0/s1. The molecule has 0 aliphatic carbocycles. The van der Waals surface area contributed by atoms with Crippen molar-refractivity contribution in [3.8, 4) is 0 Å². The van der Waals surface area contributed by atoms with Crippen molar-refractivity contribution >= 4 is 0 Å². The second-order valence-corrected chi connectivity index (χ2v) is 9.75. The normalized spacial score (nSPS) is 27.0. The summed E-state index contributed by atoms with van der Waals surface area (Å²) in [5, 5.41) is 0. The van der Waals surface area contributed by atoms with E-state index in [0.29, 0.717) is 12.5 Å². The van der Waals surface area contributed by atoms with Gasteiger partial charge in [0.15, 0.2) is 0 Å². The van der Waals surface area contributed by atoms with Crippen molar-refractivity contribution in [1.29, 1.82) is 0 Å². The van der Waals surface area contributed by atoms with Gasteiger partial charge in [0.05, 0.1) is 12.2 Å². The lowest BCUT2D eigenvalue weighted by molar-refractivity contribution is -0.137. The Morgan fingerprint density at radius 1 is 1.24 bits per heavy atom. The molecule has 0 bridgehead atoms. The van der Waals surface area contributed by atoms with E-state index in [1.165, 1.54) is 12.1 Å². The minimum absolute atomic E-state index is 0.0435. The van der Waals surface area contributed by atoms with Crippen LogP contribution in [0, 0.1) is 0 Å². The van der Waals surface area contributed by atoms with Crippen molar-refractivity contribution in [2.75, 3.05) is 33.4 Å². The first-order valence-corrected chi connectivity index (χ1v) is 10.7. The molecule has 2 saturated heterocycles. The van der Waals surface area contributed by atoms with Crippen molar-refractivity contribution in [3.05, 3.63) is 35.4 Å². The Morgan fingerprint density at radius 3 is 2.62 bits per heavy atom. The zero-order chi connectivity index (χ0) is 21.3. The third-order valence-corrected chi connectivity index (χ3v) is 6.84. The average molecular weight is 413 g/mol. The highest BCUT2D eigenvalue weighted by atomic mass is 19.4. The molecule has 0 N–H and O–H groups in total. The fraction of sp³-hybridized carbons (Fsp3) is 0.739. The number of benzene rings is 1. The molecular weight excluding hydrogens is 377 g/mol. The van der Waals surface area contributed by atoms with Crippen molar-refractivity contribution in [3.63, 3.8) is 0 Å². The molecule has 1 aromatic carbocycles. The van der Waals surface area contributed by atoms with Gasteiger partial charge in [-0.2, -0.15) is 13.2 Å². The Kier molecular flexibility index (Phi) is 6.66. The first-order valence-electron chi connectivity index (χ1n) is 10.7. The molecule has 164 valence electrons. The maximum absolute atomic E-state index is 13.1. The summed E-state index contributed by atoms with van der Waals surface area (Å²) in [6.45, 7) is 10.3. The van der Waals surface area contributed by atoms with E-state index in [-0.39, 0.29) is 11.1 Å². The van der Waals surface area contributed by atoms with E-state index in [9.17, 15) is 13.2 Å². The number of rotatable bonds is 5. The highest BCUT2D eigenvalue weighted by Crippen LogP contribution is 2.37. The first-order chi connectivity index (χ1) is 13.5. The molecule has 29 heavy (non-hydrogen) atoms. The van der Waals surface area contributed by atoms with Crippen LogP contribution in [0.3, 0.4) is 0 Å². The van der Waals surface area contributed by atoms with Crippen LogP contribution in [-0.4, -0.2) is 60.3 Å². The molecule has 1 aromatic rings. The number of piperidine rings is 1. The van der Waals surface area contributed by atoms with Gasteiger partial charge in [0.25, 0.3) is 0 Å². The monoisotopic (exact) mass is 412 g/mol. The number of aryl methyl sites for hydroxylation is 1. The van der Waals surface area contributed by atoms with E-state index in [0.717, 1.165) is 63.6 Å². The molecule has 0 amide bonds. The SMILES string of the molecule is CN([C@H]1CCOC1)[C@]1(CCc2cccc(C(F)(F)F)c2)CCCN(C(C)(C)C)C1. The van der Waals surface area contributed by atoms with Gasteiger partial charge >= 0.3 is 6.18 Å².